The van der Waals surface area contributed by atoms with E-state index >= 15 is 0 Å². The number of benzene rings is 3. The zero-order valence-corrected chi connectivity index (χ0v) is 16.5. The van der Waals surface area contributed by atoms with Crippen LogP contribution >= 0.6 is 0 Å². The fourth-order valence-corrected chi connectivity index (χ4v) is 2.86. The van der Waals surface area contributed by atoms with Crippen LogP contribution in [0.15, 0.2) is 54.6 Å². The maximum Gasteiger partial charge on any atom is 0.201 e. The third-order valence-corrected chi connectivity index (χ3v) is 4.55. The van der Waals surface area contributed by atoms with E-state index in [1.807, 2.05) is 6.92 Å². The molecule has 0 bridgehead atoms. The molecule has 0 fully saturated rings. The van der Waals surface area contributed by atoms with Crippen molar-refractivity contribution in [1.82, 2.24) is 0 Å². The summed E-state index contributed by atoms with van der Waals surface area (Å²) in [6, 6.07) is 14.6. The van der Waals surface area contributed by atoms with E-state index in [-0.39, 0.29) is 23.7 Å². The number of halogens is 3. The van der Waals surface area contributed by atoms with Gasteiger partial charge >= 0.3 is 0 Å². The maximum absolute atomic E-state index is 14.5. The minimum atomic E-state index is -0.985. The van der Waals surface area contributed by atoms with E-state index in [1.165, 1.54) is 18.2 Å². The first-order valence-corrected chi connectivity index (χ1v) is 9.58. The predicted octanol–water partition coefficient (Wildman–Crippen LogP) is 6.84. The van der Waals surface area contributed by atoms with Gasteiger partial charge in [-0.2, -0.15) is 4.39 Å². The molecular weight excluding hydrogens is 377 g/mol. The van der Waals surface area contributed by atoms with Crippen LogP contribution in [0.25, 0.3) is 11.1 Å². The second-order valence-electron chi connectivity index (χ2n) is 6.86. The minimum absolute atomic E-state index is 0.0788. The van der Waals surface area contributed by atoms with Gasteiger partial charge in [-0.05, 0) is 54.3 Å². The number of ether oxygens (including phenoxy) is 2. The molecule has 0 N–H and O–H groups in total. The molecule has 29 heavy (non-hydrogen) atoms. The van der Waals surface area contributed by atoms with E-state index in [0.717, 1.165) is 24.0 Å². The van der Waals surface area contributed by atoms with Gasteiger partial charge in [0.1, 0.15) is 6.61 Å². The Morgan fingerprint density at radius 2 is 1.52 bits per heavy atom. The molecule has 3 aromatic rings. The molecular formula is C24H23F3O2. The van der Waals surface area contributed by atoms with Gasteiger partial charge in [-0.25, -0.2) is 8.78 Å². The van der Waals surface area contributed by atoms with Crippen LogP contribution in [0.1, 0.15) is 30.9 Å². The molecule has 5 heteroatoms. The van der Waals surface area contributed by atoms with Gasteiger partial charge in [0.25, 0.3) is 0 Å². The van der Waals surface area contributed by atoms with Gasteiger partial charge in [0.15, 0.2) is 23.1 Å². The number of unbranched alkanes of at least 4 members (excludes halogenated alkanes) is 1. The van der Waals surface area contributed by atoms with Crippen molar-refractivity contribution in [3.63, 3.8) is 0 Å². The summed E-state index contributed by atoms with van der Waals surface area (Å²) in [6.45, 7) is 4.32. The Morgan fingerprint density at radius 3 is 2.21 bits per heavy atom. The van der Waals surface area contributed by atoms with Crippen molar-refractivity contribution in [2.75, 3.05) is 6.61 Å². The van der Waals surface area contributed by atoms with E-state index in [2.05, 4.69) is 0 Å². The lowest BCUT2D eigenvalue weighted by Gasteiger charge is -2.11. The predicted molar refractivity (Wildman–Crippen MR) is 108 cm³/mol. The second kappa shape index (κ2) is 9.50. The Morgan fingerprint density at radius 1 is 0.793 bits per heavy atom. The topological polar surface area (TPSA) is 18.5 Å². The van der Waals surface area contributed by atoms with Crippen molar-refractivity contribution in [1.29, 1.82) is 0 Å². The van der Waals surface area contributed by atoms with Gasteiger partial charge in [0, 0.05) is 5.56 Å². The van der Waals surface area contributed by atoms with Crippen molar-refractivity contribution >= 4 is 0 Å². The summed E-state index contributed by atoms with van der Waals surface area (Å²) in [5, 5.41) is 0. The van der Waals surface area contributed by atoms with Gasteiger partial charge in [0.2, 0.25) is 5.82 Å². The van der Waals surface area contributed by atoms with Crippen molar-refractivity contribution in [3.05, 3.63) is 83.2 Å². The second-order valence-corrected chi connectivity index (χ2v) is 6.86. The highest BCUT2D eigenvalue weighted by Gasteiger charge is 2.16. The summed E-state index contributed by atoms with van der Waals surface area (Å²) in [4.78, 5) is 0. The first-order chi connectivity index (χ1) is 14.0. The standard InChI is InChI=1S/C24H23F3O2/c1-3-4-13-28-22-12-10-19(23(26)24(22)27)18-8-6-17(7-9-18)15-29-21-11-5-16(2)14-20(21)25/h5-12,14H,3-4,13,15H2,1-2H3. The van der Waals surface area contributed by atoms with E-state index in [4.69, 9.17) is 9.47 Å². The first-order valence-electron chi connectivity index (χ1n) is 9.58. The number of hydrogen-bond acceptors (Lipinski definition) is 2. The fraction of sp³-hybridized carbons (Fsp3) is 0.250. The summed E-state index contributed by atoms with van der Waals surface area (Å²) >= 11 is 0. The third kappa shape index (κ3) is 5.11. The summed E-state index contributed by atoms with van der Waals surface area (Å²) in [6.07, 6.45) is 1.69. The molecule has 152 valence electrons. The van der Waals surface area contributed by atoms with E-state index in [1.54, 1.807) is 43.3 Å². The van der Waals surface area contributed by atoms with Crippen molar-refractivity contribution in [2.45, 2.75) is 33.3 Å². The highest BCUT2D eigenvalue weighted by atomic mass is 19.2. The van der Waals surface area contributed by atoms with Gasteiger partial charge in [0.05, 0.1) is 6.61 Å². The van der Waals surface area contributed by atoms with E-state index in [9.17, 15) is 13.2 Å². The molecule has 0 aliphatic heterocycles. The van der Waals surface area contributed by atoms with Crippen LogP contribution < -0.4 is 9.47 Å². The van der Waals surface area contributed by atoms with Crippen molar-refractivity contribution in [3.8, 4) is 22.6 Å². The molecule has 0 radical (unpaired) electrons. The Balaban J connectivity index is 1.70. The molecule has 0 unspecified atom stereocenters. The molecule has 0 aromatic heterocycles. The quantitative estimate of drug-likeness (QED) is 0.386. The molecule has 2 nitrogen and oxygen atoms in total. The maximum atomic E-state index is 14.5. The van der Waals surface area contributed by atoms with Crippen LogP contribution in [-0.4, -0.2) is 6.61 Å². The molecule has 0 heterocycles. The van der Waals surface area contributed by atoms with Crippen LogP contribution in [0.3, 0.4) is 0 Å². The number of hydrogen-bond donors (Lipinski definition) is 0. The molecule has 3 rings (SSSR count). The van der Waals surface area contributed by atoms with Gasteiger partial charge in [-0.3, -0.25) is 0 Å². The number of aryl methyl sites for hydroxylation is 1. The summed E-state index contributed by atoms with van der Waals surface area (Å²) < 4.78 is 53.4. The SMILES string of the molecule is CCCCOc1ccc(-c2ccc(COc3ccc(C)cc3F)cc2)c(F)c1F. The Bertz CT molecular complexity index is 969. The lowest BCUT2D eigenvalue weighted by molar-refractivity contribution is 0.289. The lowest BCUT2D eigenvalue weighted by Crippen LogP contribution is -2.01. The molecule has 0 atom stereocenters. The van der Waals surface area contributed by atoms with Gasteiger partial charge in [-0.1, -0.05) is 43.7 Å². The fourth-order valence-electron chi connectivity index (χ4n) is 2.86. The van der Waals surface area contributed by atoms with Crippen molar-refractivity contribution < 1.29 is 22.6 Å². The molecule has 0 saturated heterocycles. The zero-order valence-electron chi connectivity index (χ0n) is 16.5. The highest BCUT2D eigenvalue weighted by Crippen LogP contribution is 2.30. The van der Waals surface area contributed by atoms with E-state index in [0.29, 0.717) is 12.2 Å². The lowest BCUT2D eigenvalue weighted by atomic mass is 10.0. The Kier molecular flexibility index (Phi) is 6.81. The highest BCUT2D eigenvalue weighted by molar-refractivity contribution is 5.65. The van der Waals surface area contributed by atoms with Crippen LogP contribution in [0.4, 0.5) is 13.2 Å². The smallest absolute Gasteiger partial charge is 0.201 e. The Labute approximate surface area is 168 Å². The molecule has 0 amide bonds. The average Bonchev–Trinajstić information content (AvgIpc) is 2.71. The van der Waals surface area contributed by atoms with E-state index < -0.39 is 17.5 Å². The van der Waals surface area contributed by atoms with Crippen LogP contribution in [-0.2, 0) is 6.61 Å². The minimum Gasteiger partial charge on any atom is -0.490 e. The summed E-state index contributed by atoms with van der Waals surface area (Å²) in [5.74, 6) is -2.25. The molecule has 0 spiro atoms. The average molecular weight is 400 g/mol. The normalized spacial score (nSPS) is 10.8. The summed E-state index contributed by atoms with van der Waals surface area (Å²) in [7, 11) is 0. The van der Waals surface area contributed by atoms with Crippen LogP contribution in [0.2, 0.25) is 0 Å². The number of rotatable bonds is 8. The van der Waals surface area contributed by atoms with Gasteiger partial charge < -0.3 is 9.47 Å². The summed E-state index contributed by atoms with van der Waals surface area (Å²) in [5.41, 5.74) is 2.29. The van der Waals surface area contributed by atoms with Crippen LogP contribution in [0.5, 0.6) is 11.5 Å². The monoisotopic (exact) mass is 400 g/mol. The molecule has 3 aromatic carbocycles. The zero-order chi connectivity index (χ0) is 20.8. The third-order valence-electron chi connectivity index (χ3n) is 4.55. The van der Waals surface area contributed by atoms with Gasteiger partial charge in [-0.15, -0.1) is 0 Å². The molecule has 0 aliphatic rings. The van der Waals surface area contributed by atoms with Crippen LogP contribution in [0, 0.1) is 24.4 Å². The van der Waals surface area contributed by atoms with Crippen molar-refractivity contribution in [2.24, 2.45) is 0 Å². The molecule has 0 saturated carbocycles. The molecule has 0 aliphatic carbocycles. The Hall–Kier alpha value is -2.95. The first kappa shape index (κ1) is 20.8. The largest absolute Gasteiger partial charge is 0.490 e.